The molecule has 1 heterocycles. The van der Waals surface area contributed by atoms with Gasteiger partial charge in [-0.2, -0.15) is 0 Å². The van der Waals surface area contributed by atoms with Gasteiger partial charge in [-0.05, 0) is 43.8 Å². The number of nitrogens with one attached hydrogen (secondary N) is 1. The highest BCUT2D eigenvalue weighted by atomic mass is 35.5. The smallest absolute Gasteiger partial charge is 0.242 e. The molecule has 0 fully saturated rings. The molecule has 0 aliphatic heterocycles. The zero-order chi connectivity index (χ0) is 18.2. The molecule has 1 amide bonds. The number of aromatic nitrogens is 1. The summed E-state index contributed by atoms with van der Waals surface area (Å²) in [6, 6.07) is 10.8. The fourth-order valence-corrected chi connectivity index (χ4v) is 2.26. The van der Waals surface area contributed by atoms with Crippen molar-refractivity contribution in [3.63, 3.8) is 0 Å². The summed E-state index contributed by atoms with van der Waals surface area (Å²) in [5.74, 6) is 1.16. The zero-order valence-electron chi connectivity index (χ0n) is 14.4. The van der Waals surface area contributed by atoms with Crippen molar-refractivity contribution in [2.45, 2.75) is 19.5 Å². The number of halogens is 1. The number of carbonyl (C=O) groups is 1. The SMILES string of the molecule is C=CCOc1ccc(CN(C)C(C)C(=O)Nc2ccc(Cl)cn2)cc1. The van der Waals surface area contributed by atoms with E-state index in [0.717, 1.165) is 11.3 Å². The van der Waals surface area contributed by atoms with E-state index in [4.69, 9.17) is 16.3 Å². The first-order valence-electron chi connectivity index (χ1n) is 7.95. The number of amides is 1. The van der Waals surface area contributed by atoms with Crippen LogP contribution in [0.2, 0.25) is 5.02 Å². The van der Waals surface area contributed by atoms with Crippen LogP contribution in [0.15, 0.2) is 55.3 Å². The number of anilines is 1. The molecule has 0 bridgehead atoms. The lowest BCUT2D eigenvalue weighted by Gasteiger charge is -2.23. The standard InChI is InChI=1S/C19H22ClN3O2/c1-4-11-25-17-8-5-15(6-9-17)13-23(3)14(2)19(24)22-18-10-7-16(20)12-21-18/h4-10,12,14H,1,11,13H2,2-3H3,(H,21,22,24). The number of pyridine rings is 1. The van der Waals surface area contributed by atoms with Gasteiger partial charge in [0.25, 0.3) is 0 Å². The Morgan fingerprint density at radius 1 is 1.36 bits per heavy atom. The van der Waals surface area contributed by atoms with Gasteiger partial charge in [-0.15, -0.1) is 0 Å². The molecular weight excluding hydrogens is 338 g/mol. The number of hydrogen-bond donors (Lipinski definition) is 1. The Labute approximate surface area is 153 Å². The first-order valence-corrected chi connectivity index (χ1v) is 8.32. The van der Waals surface area contributed by atoms with Crippen molar-refractivity contribution in [2.24, 2.45) is 0 Å². The average Bonchev–Trinajstić information content (AvgIpc) is 2.62. The topological polar surface area (TPSA) is 54.5 Å². The predicted molar refractivity (Wildman–Crippen MR) is 101 cm³/mol. The van der Waals surface area contributed by atoms with Crippen LogP contribution < -0.4 is 10.1 Å². The van der Waals surface area contributed by atoms with E-state index in [-0.39, 0.29) is 11.9 Å². The number of nitrogens with zero attached hydrogens (tertiary/aromatic N) is 2. The molecule has 0 saturated heterocycles. The summed E-state index contributed by atoms with van der Waals surface area (Å²) in [6.45, 7) is 6.60. The van der Waals surface area contributed by atoms with Crippen molar-refractivity contribution in [3.05, 3.63) is 65.8 Å². The van der Waals surface area contributed by atoms with E-state index in [0.29, 0.717) is 24.0 Å². The molecule has 0 spiro atoms. The highest BCUT2D eigenvalue weighted by Crippen LogP contribution is 2.15. The first kappa shape index (κ1) is 19.0. The van der Waals surface area contributed by atoms with Crippen LogP contribution in [0.3, 0.4) is 0 Å². The minimum absolute atomic E-state index is 0.122. The lowest BCUT2D eigenvalue weighted by molar-refractivity contribution is -0.120. The quantitative estimate of drug-likeness (QED) is 0.729. The molecule has 2 aromatic rings. The largest absolute Gasteiger partial charge is 0.490 e. The summed E-state index contributed by atoms with van der Waals surface area (Å²) in [4.78, 5) is 18.4. The van der Waals surface area contributed by atoms with E-state index in [2.05, 4.69) is 16.9 Å². The number of benzene rings is 1. The predicted octanol–water partition coefficient (Wildman–Crippen LogP) is 3.76. The van der Waals surface area contributed by atoms with Gasteiger partial charge in [0.2, 0.25) is 5.91 Å². The Kier molecular flexibility index (Phi) is 6.98. The van der Waals surface area contributed by atoms with Gasteiger partial charge < -0.3 is 10.1 Å². The maximum Gasteiger partial charge on any atom is 0.242 e. The number of rotatable bonds is 8. The van der Waals surface area contributed by atoms with Crippen LogP contribution in [0, 0.1) is 0 Å². The van der Waals surface area contributed by atoms with Crippen molar-refractivity contribution in [1.82, 2.24) is 9.88 Å². The van der Waals surface area contributed by atoms with E-state index in [1.165, 1.54) is 6.20 Å². The second-order valence-corrected chi connectivity index (χ2v) is 6.12. The molecule has 6 heteroatoms. The normalized spacial score (nSPS) is 11.8. The summed E-state index contributed by atoms with van der Waals surface area (Å²) < 4.78 is 5.46. The molecule has 0 radical (unpaired) electrons. The Bertz CT molecular complexity index is 702. The summed E-state index contributed by atoms with van der Waals surface area (Å²) in [6.07, 6.45) is 3.21. The Balaban J connectivity index is 1.90. The third-order valence-corrected chi connectivity index (χ3v) is 3.97. The van der Waals surface area contributed by atoms with Crippen molar-refractivity contribution < 1.29 is 9.53 Å². The van der Waals surface area contributed by atoms with E-state index >= 15 is 0 Å². The summed E-state index contributed by atoms with van der Waals surface area (Å²) in [7, 11) is 1.90. The van der Waals surface area contributed by atoms with Crippen LogP contribution in [0.1, 0.15) is 12.5 Å². The number of likely N-dealkylation sites (N-methyl/N-ethyl adjacent to an activating group) is 1. The highest BCUT2D eigenvalue weighted by Gasteiger charge is 2.18. The average molecular weight is 360 g/mol. The van der Waals surface area contributed by atoms with Gasteiger partial charge in [0.15, 0.2) is 0 Å². The van der Waals surface area contributed by atoms with Crippen LogP contribution in [0.5, 0.6) is 5.75 Å². The van der Waals surface area contributed by atoms with Crippen molar-refractivity contribution in [2.75, 3.05) is 19.0 Å². The number of ether oxygens (including phenoxy) is 1. The third-order valence-electron chi connectivity index (χ3n) is 3.74. The van der Waals surface area contributed by atoms with Crippen LogP contribution in [0.25, 0.3) is 0 Å². The Hall–Kier alpha value is -2.37. The lowest BCUT2D eigenvalue weighted by Crippen LogP contribution is -2.39. The van der Waals surface area contributed by atoms with Crippen LogP contribution >= 0.6 is 11.6 Å². The monoisotopic (exact) mass is 359 g/mol. The molecule has 1 atom stereocenters. The van der Waals surface area contributed by atoms with Crippen molar-refractivity contribution >= 4 is 23.3 Å². The van der Waals surface area contributed by atoms with Crippen LogP contribution in [-0.2, 0) is 11.3 Å². The molecule has 25 heavy (non-hydrogen) atoms. The fourth-order valence-electron chi connectivity index (χ4n) is 2.15. The molecular formula is C19H22ClN3O2. The minimum atomic E-state index is -0.311. The summed E-state index contributed by atoms with van der Waals surface area (Å²) >= 11 is 5.79. The molecule has 0 aliphatic carbocycles. The lowest BCUT2D eigenvalue weighted by atomic mass is 10.2. The molecule has 0 saturated carbocycles. The van der Waals surface area contributed by atoms with E-state index in [1.54, 1.807) is 18.2 Å². The first-order chi connectivity index (χ1) is 12.0. The van der Waals surface area contributed by atoms with Gasteiger partial charge in [-0.25, -0.2) is 4.98 Å². The molecule has 1 aromatic carbocycles. The zero-order valence-corrected chi connectivity index (χ0v) is 15.2. The van der Waals surface area contributed by atoms with E-state index in [9.17, 15) is 4.79 Å². The number of carbonyl (C=O) groups excluding carboxylic acids is 1. The molecule has 132 valence electrons. The van der Waals surface area contributed by atoms with Gasteiger partial charge in [0.1, 0.15) is 18.2 Å². The second kappa shape index (κ2) is 9.20. The summed E-state index contributed by atoms with van der Waals surface area (Å²) in [5, 5.41) is 3.32. The Morgan fingerprint density at radius 3 is 2.68 bits per heavy atom. The Morgan fingerprint density at radius 2 is 2.08 bits per heavy atom. The van der Waals surface area contributed by atoms with Gasteiger partial charge >= 0.3 is 0 Å². The van der Waals surface area contributed by atoms with E-state index < -0.39 is 0 Å². The molecule has 1 aromatic heterocycles. The van der Waals surface area contributed by atoms with Crippen LogP contribution in [-0.4, -0.2) is 35.5 Å². The van der Waals surface area contributed by atoms with Crippen molar-refractivity contribution in [1.29, 1.82) is 0 Å². The molecule has 1 unspecified atom stereocenters. The third kappa shape index (κ3) is 5.89. The maximum absolute atomic E-state index is 12.3. The highest BCUT2D eigenvalue weighted by molar-refractivity contribution is 6.30. The second-order valence-electron chi connectivity index (χ2n) is 5.69. The van der Waals surface area contributed by atoms with Gasteiger partial charge in [-0.1, -0.05) is 36.4 Å². The molecule has 1 N–H and O–H groups in total. The molecule has 2 rings (SSSR count). The number of hydrogen-bond acceptors (Lipinski definition) is 4. The molecule has 0 aliphatic rings. The summed E-state index contributed by atoms with van der Waals surface area (Å²) in [5.41, 5.74) is 1.10. The van der Waals surface area contributed by atoms with Gasteiger partial charge in [0.05, 0.1) is 11.1 Å². The molecule has 5 nitrogen and oxygen atoms in total. The van der Waals surface area contributed by atoms with E-state index in [1.807, 2.05) is 43.1 Å². The van der Waals surface area contributed by atoms with Gasteiger partial charge in [-0.3, -0.25) is 9.69 Å². The van der Waals surface area contributed by atoms with Crippen LogP contribution in [0.4, 0.5) is 5.82 Å². The van der Waals surface area contributed by atoms with Gasteiger partial charge in [0, 0.05) is 12.7 Å². The maximum atomic E-state index is 12.3. The van der Waals surface area contributed by atoms with Crippen molar-refractivity contribution in [3.8, 4) is 5.75 Å². The minimum Gasteiger partial charge on any atom is -0.490 e. The fraction of sp³-hybridized carbons (Fsp3) is 0.263.